The molecule has 3 aliphatic rings. The lowest BCUT2D eigenvalue weighted by atomic mass is 9.68. The molecule has 0 bridgehead atoms. The zero-order valence-electron chi connectivity index (χ0n) is 21.3. The van der Waals surface area contributed by atoms with Gasteiger partial charge in [0.1, 0.15) is 23.4 Å². The first-order chi connectivity index (χ1) is 16.7. The summed E-state index contributed by atoms with van der Waals surface area (Å²) < 4.78 is 34.3. The van der Waals surface area contributed by atoms with Crippen LogP contribution in [-0.2, 0) is 23.7 Å². The third kappa shape index (κ3) is 5.06. The summed E-state index contributed by atoms with van der Waals surface area (Å²) in [5, 5.41) is 10.2. The molecule has 1 saturated carbocycles. The van der Waals surface area contributed by atoms with E-state index in [2.05, 4.69) is 26.8 Å². The van der Waals surface area contributed by atoms with Crippen LogP contribution in [0.25, 0.3) is 6.08 Å². The number of carbonyl (C=O) groups excluding carboxylic acids is 1. The first-order valence-electron chi connectivity index (χ1n) is 12.0. The molecule has 1 N–H and O–H groups in total. The maximum Gasteiger partial charge on any atom is 0.331 e. The van der Waals surface area contributed by atoms with Gasteiger partial charge >= 0.3 is 5.97 Å². The Balaban J connectivity index is 1.46. The summed E-state index contributed by atoms with van der Waals surface area (Å²) in [5.74, 6) is 0.00239. The Hall–Kier alpha value is -2.55. The first kappa shape index (κ1) is 25.5. The highest BCUT2D eigenvalue weighted by atomic mass is 16.6. The summed E-state index contributed by atoms with van der Waals surface area (Å²) in [6.45, 7) is 6.95. The third-order valence-electron chi connectivity index (χ3n) is 7.40. The number of hydrogen-bond donors (Lipinski definition) is 1. The predicted molar refractivity (Wildman–Crippen MR) is 130 cm³/mol. The van der Waals surface area contributed by atoms with Crippen molar-refractivity contribution in [2.75, 3.05) is 27.9 Å². The van der Waals surface area contributed by atoms with Gasteiger partial charge in [0.05, 0.1) is 32.8 Å². The number of carbonyl (C=O) groups is 1. The van der Waals surface area contributed by atoms with E-state index >= 15 is 0 Å². The largest absolute Gasteiger partial charge is 0.504 e. The Labute approximate surface area is 206 Å². The van der Waals surface area contributed by atoms with Crippen molar-refractivity contribution >= 4 is 12.0 Å². The number of phenolic OH excluding ortho intramolecular Hbond substituents is 1. The second-order valence-corrected chi connectivity index (χ2v) is 9.96. The lowest BCUT2D eigenvalue weighted by molar-refractivity contribution is -0.166. The van der Waals surface area contributed by atoms with Crippen LogP contribution in [0.1, 0.15) is 45.6 Å². The fourth-order valence-electron chi connectivity index (χ4n) is 5.48. The van der Waals surface area contributed by atoms with Gasteiger partial charge in [-0.1, -0.05) is 11.6 Å². The summed E-state index contributed by atoms with van der Waals surface area (Å²) in [6.07, 6.45) is 6.72. The lowest BCUT2D eigenvalue weighted by Gasteiger charge is -2.42. The van der Waals surface area contributed by atoms with Gasteiger partial charge in [-0.15, -0.1) is 0 Å². The Kier molecular flexibility index (Phi) is 7.18. The minimum atomic E-state index is -0.485. The molecule has 1 spiro atoms. The predicted octanol–water partition coefficient (Wildman–Crippen LogP) is 4.04. The number of epoxide rings is 2. The smallest absolute Gasteiger partial charge is 0.331 e. The highest BCUT2D eigenvalue weighted by Crippen LogP contribution is 2.59. The van der Waals surface area contributed by atoms with Crippen molar-refractivity contribution in [1.29, 1.82) is 0 Å². The molecule has 2 saturated heterocycles. The van der Waals surface area contributed by atoms with Crippen LogP contribution in [0, 0.1) is 5.92 Å². The minimum Gasteiger partial charge on any atom is -0.504 e. The molecule has 6 atom stereocenters. The van der Waals surface area contributed by atoms with Gasteiger partial charge in [-0.3, -0.25) is 0 Å². The number of phenols is 1. The van der Waals surface area contributed by atoms with Crippen LogP contribution in [0.4, 0.5) is 0 Å². The van der Waals surface area contributed by atoms with Gasteiger partial charge in [0, 0.05) is 13.2 Å². The SMILES string of the molecule is COc1cc(/C=C/C(=O)O[C@@H]2CC[C@]3(CO3)C(C3(C)O[C@H]3CC=C(C)C)[C@@H]2OC)cc(O)c1OC. The van der Waals surface area contributed by atoms with Crippen LogP contribution in [0.15, 0.2) is 29.9 Å². The molecular weight excluding hydrogens is 452 g/mol. The number of allylic oxidation sites excluding steroid dienone is 1. The maximum absolute atomic E-state index is 12.7. The Morgan fingerprint density at radius 2 is 1.97 bits per heavy atom. The van der Waals surface area contributed by atoms with E-state index in [1.165, 1.54) is 31.9 Å². The fourth-order valence-corrected chi connectivity index (χ4v) is 5.48. The molecule has 1 aliphatic carbocycles. The van der Waals surface area contributed by atoms with Crippen molar-refractivity contribution in [3.05, 3.63) is 35.4 Å². The normalized spacial score (nSPS) is 33.4. The average molecular weight is 489 g/mol. The molecule has 35 heavy (non-hydrogen) atoms. The van der Waals surface area contributed by atoms with Crippen LogP contribution in [0.3, 0.4) is 0 Å². The van der Waals surface area contributed by atoms with Gasteiger partial charge in [-0.2, -0.15) is 0 Å². The number of rotatable bonds is 9. The Morgan fingerprint density at radius 1 is 1.23 bits per heavy atom. The number of benzene rings is 1. The van der Waals surface area contributed by atoms with E-state index in [1.54, 1.807) is 19.3 Å². The van der Waals surface area contributed by atoms with E-state index in [1.807, 2.05) is 0 Å². The van der Waals surface area contributed by atoms with Gasteiger partial charge in [0.2, 0.25) is 5.75 Å². The molecule has 1 aromatic carbocycles. The summed E-state index contributed by atoms with van der Waals surface area (Å²) in [4.78, 5) is 12.7. The average Bonchev–Trinajstić information content (AvgIpc) is 3.74. The maximum atomic E-state index is 12.7. The summed E-state index contributed by atoms with van der Waals surface area (Å²) >= 11 is 0. The van der Waals surface area contributed by atoms with Crippen LogP contribution in [0.5, 0.6) is 17.2 Å². The standard InChI is InChI=1S/C27H36O8/c1-16(2)7-9-21-26(3,35-21)25-24(32-6)19(11-12-27(25)15-33-27)34-22(29)10-8-17-13-18(28)23(31-5)20(14-17)30-4/h7-8,10,13-14,19,21,24-25,28H,9,11-12,15H2,1-6H3/b10-8+/t19-,21+,24-,25?,26?,27+/m1/s1. The van der Waals surface area contributed by atoms with E-state index in [0.29, 0.717) is 24.3 Å². The number of hydrogen-bond acceptors (Lipinski definition) is 8. The third-order valence-corrected chi connectivity index (χ3v) is 7.40. The monoisotopic (exact) mass is 488 g/mol. The molecule has 2 heterocycles. The van der Waals surface area contributed by atoms with Crippen molar-refractivity contribution in [1.82, 2.24) is 0 Å². The van der Waals surface area contributed by atoms with Gasteiger partial charge in [0.15, 0.2) is 11.5 Å². The summed E-state index contributed by atoms with van der Waals surface area (Å²) in [6, 6.07) is 3.16. The van der Waals surface area contributed by atoms with Crippen LogP contribution in [-0.4, -0.2) is 68.5 Å². The van der Waals surface area contributed by atoms with Gasteiger partial charge in [-0.25, -0.2) is 4.79 Å². The quantitative estimate of drug-likeness (QED) is 0.241. The Morgan fingerprint density at radius 3 is 2.57 bits per heavy atom. The first-order valence-corrected chi connectivity index (χ1v) is 12.0. The zero-order valence-corrected chi connectivity index (χ0v) is 21.3. The van der Waals surface area contributed by atoms with Crippen molar-refractivity contribution in [3.8, 4) is 17.2 Å². The van der Waals surface area contributed by atoms with Crippen molar-refractivity contribution < 1.29 is 38.3 Å². The molecule has 0 aromatic heterocycles. The molecule has 2 aliphatic heterocycles. The Bertz CT molecular complexity index is 1010. The molecule has 8 heteroatoms. The fraction of sp³-hybridized carbons (Fsp3) is 0.593. The van der Waals surface area contributed by atoms with Crippen LogP contribution < -0.4 is 9.47 Å². The number of esters is 1. The number of methoxy groups -OCH3 is 3. The van der Waals surface area contributed by atoms with E-state index in [4.69, 9.17) is 28.4 Å². The van der Waals surface area contributed by atoms with Crippen molar-refractivity contribution in [2.24, 2.45) is 5.92 Å². The number of aromatic hydroxyl groups is 1. The van der Waals surface area contributed by atoms with E-state index in [9.17, 15) is 9.90 Å². The molecular formula is C27H36O8. The van der Waals surface area contributed by atoms with Crippen molar-refractivity contribution in [3.63, 3.8) is 0 Å². The van der Waals surface area contributed by atoms with E-state index < -0.39 is 12.1 Å². The number of ether oxygens (including phenoxy) is 6. The van der Waals surface area contributed by atoms with E-state index in [0.717, 1.165) is 12.8 Å². The summed E-state index contributed by atoms with van der Waals surface area (Å²) in [5.41, 5.74) is 1.17. The molecule has 8 nitrogen and oxygen atoms in total. The molecule has 1 aromatic rings. The van der Waals surface area contributed by atoms with Crippen molar-refractivity contribution in [2.45, 2.75) is 69.5 Å². The molecule has 3 fully saturated rings. The molecule has 0 amide bonds. The highest BCUT2D eigenvalue weighted by molar-refractivity contribution is 5.87. The second-order valence-electron chi connectivity index (χ2n) is 9.96. The van der Waals surface area contributed by atoms with Gasteiger partial charge in [0.25, 0.3) is 0 Å². The lowest BCUT2D eigenvalue weighted by Crippen LogP contribution is -2.55. The highest BCUT2D eigenvalue weighted by Gasteiger charge is 2.72. The minimum absolute atomic E-state index is 0.0334. The molecule has 0 radical (unpaired) electrons. The second kappa shape index (κ2) is 9.84. The molecule has 192 valence electrons. The molecule has 2 unspecified atom stereocenters. The van der Waals surface area contributed by atoms with Gasteiger partial charge < -0.3 is 33.5 Å². The van der Waals surface area contributed by atoms with Gasteiger partial charge in [-0.05, 0) is 63.8 Å². The van der Waals surface area contributed by atoms with Crippen LogP contribution >= 0.6 is 0 Å². The van der Waals surface area contributed by atoms with E-state index in [-0.39, 0.29) is 40.8 Å². The van der Waals surface area contributed by atoms with Crippen LogP contribution in [0.2, 0.25) is 0 Å². The summed E-state index contributed by atoms with van der Waals surface area (Å²) in [7, 11) is 4.58. The zero-order chi connectivity index (χ0) is 25.4. The molecule has 4 rings (SSSR count). The topological polar surface area (TPSA) is 99.3 Å².